The minimum Gasteiger partial charge on any atom is -0.597 e. The SMILES string of the molecule is CC=N[C@H](C)C/C=C(\C)[OH2+]. The molecule has 0 spiro atoms. The van der Waals surface area contributed by atoms with Gasteiger partial charge in [0.25, 0.3) is 0 Å². The van der Waals surface area contributed by atoms with Crippen molar-refractivity contribution in [2.24, 2.45) is 4.99 Å². The minimum absolute atomic E-state index is 0.324. The van der Waals surface area contributed by atoms with Gasteiger partial charge in [0.05, 0.1) is 6.04 Å². The normalized spacial score (nSPS) is 16.1. The van der Waals surface area contributed by atoms with Gasteiger partial charge < -0.3 is 5.11 Å². The Hall–Kier alpha value is -0.790. The zero-order chi connectivity index (χ0) is 7.98. The first-order valence-corrected chi connectivity index (χ1v) is 3.53. The Morgan fingerprint density at radius 2 is 2.30 bits per heavy atom. The highest BCUT2D eigenvalue weighted by molar-refractivity contribution is 5.53. The van der Waals surface area contributed by atoms with E-state index in [0.29, 0.717) is 11.8 Å². The van der Waals surface area contributed by atoms with Gasteiger partial charge >= 0.3 is 0 Å². The lowest BCUT2D eigenvalue weighted by Gasteiger charge is -1.98. The summed E-state index contributed by atoms with van der Waals surface area (Å²) in [6, 6.07) is 0.324. The Morgan fingerprint density at radius 1 is 1.70 bits per heavy atom. The molecular formula is C8H16NO+. The number of aliphatic imine (C=N–C) groups is 1. The molecule has 58 valence electrons. The summed E-state index contributed by atoms with van der Waals surface area (Å²) in [7, 11) is 0. The fraction of sp³-hybridized carbons (Fsp3) is 0.625. The largest absolute Gasteiger partial charge is 0.597 e. The van der Waals surface area contributed by atoms with Crippen LogP contribution in [-0.4, -0.2) is 17.4 Å². The lowest BCUT2D eigenvalue weighted by molar-refractivity contribution is 0.410. The molecule has 0 aromatic carbocycles. The number of nitrogens with zero attached hydrogens (tertiary/aromatic N) is 1. The Labute approximate surface area is 62.3 Å². The van der Waals surface area contributed by atoms with Crippen LogP contribution in [0.2, 0.25) is 0 Å². The van der Waals surface area contributed by atoms with Crippen LogP contribution in [-0.2, 0) is 0 Å². The van der Waals surface area contributed by atoms with Crippen LogP contribution in [0.1, 0.15) is 27.2 Å². The molecule has 2 N–H and O–H groups in total. The Kier molecular flexibility index (Phi) is 4.63. The van der Waals surface area contributed by atoms with Crippen molar-refractivity contribution < 1.29 is 5.11 Å². The van der Waals surface area contributed by atoms with Crippen molar-refractivity contribution in [3.05, 3.63) is 11.8 Å². The van der Waals surface area contributed by atoms with E-state index in [-0.39, 0.29) is 0 Å². The molecule has 0 aromatic heterocycles. The van der Waals surface area contributed by atoms with Crippen LogP contribution < -0.4 is 0 Å². The third kappa shape index (κ3) is 5.35. The Balaban J connectivity index is 3.59. The highest BCUT2D eigenvalue weighted by atomic mass is 16.3. The van der Waals surface area contributed by atoms with Crippen molar-refractivity contribution in [1.82, 2.24) is 0 Å². The molecule has 0 aliphatic rings. The average molecular weight is 142 g/mol. The molecule has 2 nitrogen and oxygen atoms in total. The molecule has 0 radical (unpaired) electrons. The zero-order valence-electron chi connectivity index (χ0n) is 6.89. The fourth-order valence-electron chi connectivity index (χ4n) is 0.663. The van der Waals surface area contributed by atoms with Gasteiger partial charge in [0.15, 0.2) is 0 Å². The third-order valence-electron chi connectivity index (χ3n) is 1.17. The topological polar surface area (TPSA) is 35.3 Å². The molecule has 0 aliphatic carbocycles. The number of hydrogen-bond donors (Lipinski definition) is 0. The van der Waals surface area contributed by atoms with Gasteiger partial charge in [0.2, 0.25) is 5.76 Å². The first-order valence-electron chi connectivity index (χ1n) is 3.53. The highest BCUT2D eigenvalue weighted by Crippen LogP contribution is 1.99. The van der Waals surface area contributed by atoms with Crippen LogP contribution in [0.3, 0.4) is 0 Å². The molecule has 0 aromatic rings. The lowest BCUT2D eigenvalue weighted by Crippen LogP contribution is -1.95. The van der Waals surface area contributed by atoms with Crippen molar-refractivity contribution >= 4 is 6.21 Å². The Bertz CT molecular complexity index is 134. The summed E-state index contributed by atoms with van der Waals surface area (Å²) in [6.07, 6.45) is 4.56. The molecule has 0 unspecified atom stereocenters. The molecule has 1 atom stereocenters. The maximum Gasteiger partial charge on any atom is 0.221 e. The van der Waals surface area contributed by atoms with Crippen LogP contribution in [0.15, 0.2) is 16.8 Å². The predicted molar refractivity (Wildman–Crippen MR) is 45.6 cm³/mol. The van der Waals surface area contributed by atoms with Crippen molar-refractivity contribution in [3.8, 4) is 0 Å². The lowest BCUT2D eigenvalue weighted by atomic mass is 10.2. The van der Waals surface area contributed by atoms with Crippen molar-refractivity contribution in [2.45, 2.75) is 33.2 Å². The molecule has 0 saturated carbocycles. The van der Waals surface area contributed by atoms with Crippen molar-refractivity contribution in [1.29, 1.82) is 0 Å². The van der Waals surface area contributed by atoms with Crippen LogP contribution in [0.25, 0.3) is 0 Å². The van der Waals surface area contributed by atoms with Gasteiger partial charge in [-0.1, -0.05) is 0 Å². The second-order valence-electron chi connectivity index (χ2n) is 2.38. The van der Waals surface area contributed by atoms with Gasteiger partial charge in [-0.25, -0.2) is 0 Å². The fourth-order valence-corrected chi connectivity index (χ4v) is 0.663. The molecule has 10 heavy (non-hydrogen) atoms. The van der Waals surface area contributed by atoms with Crippen LogP contribution in [0, 0.1) is 0 Å². The van der Waals surface area contributed by atoms with E-state index in [4.69, 9.17) is 5.11 Å². The monoisotopic (exact) mass is 142 g/mol. The highest BCUT2D eigenvalue weighted by Gasteiger charge is 1.94. The predicted octanol–water partition coefficient (Wildman–Crippen LogP) is 1.48. The quantitative estimate of drug-likeness (QED) is 0.325. The summed E-state index contributed by atoms with van der Waals surface area (Å²) in [5, 5.41) is 7.11. The average Bonchev–Trinajstić information content (AvgIpc) is 1.85. The summed E-state index contributed by atoms with van der Waals surface area (Å²) < 4.78 is 0. The molecular weight excluding hydrogens is 126 g/mol. The van der Waals surface area contributed by atoms with Crippen LogP contribution >= 0.6 is 0 Å². The Morgan fingerprint density at radius 3 is 2.70 bits per heavy atom. The van der Waals surface area contributed by atoms with Gasteiger partial charge in [-0.15, -0.1) is 0 Å². The van der Waals surface area contributed by atoms with Gasteiger partial charge in [-0.3, -0.25) is 4.99 Å². The van der Waals surface area contributed by atoms with Gasteiger partial charge in [0.1, 0.15) is 0 Å². The van der Waals surface area contributed by atoms with Gasteiger partial charge in [-0.2, -0.15) is 0 Å². The third-order valence-corrected chi connectivity index (χ3v) is 1.17. The minimum atomic E-state index is 0.324. The van der Waals surface area contributed by atoms with Crippen LogP contribution in [0.5, 0.6) is 0 Å². The number of rotatable bonds is 3. The molecule has 2 heteroatoms. The van der Waals surface area contributed by atoms with E-state index in [0.717, 1.165) is 6.42 Å². The summed E-state index contributed by atoms with van der Waals surface area (Å²) >= 11 is 0. The standard InChI is InChI=1S/C8H15NO/c1-4-9-7(2)5-6-8(3)10/h4,6-7,10H,5H2,1-3H3/p+1/b8-6+,9-4?/t7-/m1/s1. The molecule has 0 bridgehead atoms. The number of hydrogen-bond acceptors (Lipinski definition) is 1. The summed E-state index contributed by atoms with van der Waals surface area (Å²) in [4.78, 5) is 4.14. The van der Waals surface area contributed by atoms with Crippen molar-refractivity contribution in [3.63, 3.8) is 0 Å². The van der Waals surface area contributed by atoms with E-state index in [1.165, 1.54) is 0 Å². The van der Waals surface area contributed by atoms with E-state index < -0.39 is 0 Å². The van der Waals surface area contributed by atoms with Crippen molar-refractivity contribution in [2.75, 3.05) is 0 Å². The molecule has 0 rings (SSSR count). The van der Waals surface area contributed by atoms with Gasteiger partial charge in [0, 0.05) is 13.0 Å². The van der Waals surface area contributed by atoms with E-state index in [1.807, 2.05) is 19.9 Å². The summed E-state index contributed by atoms with van der Waals surface area (Å²) in [6.45, 7) is 5.73. The zero-order valence-corrected chi connectivity index (χ0v) is 6.89. The van der Waals surface area contributed by atoms with E-state index in [2.05, 4.69) is 4.99 Å². The van der Waals surface area contributed by atoms with E-state index >= 15 is 0 Å². The maximum absolute atomic E-state index is 7.11. The second kappa shape index (κ2) is 5.03. The summed E-state index contributed by atoms with van der Waals surface area (Å²) in [5.41, 5.74) is 0. The first-order chi connectivity index (χ1) is 4.66. The first kappa shape index (κ1) is 9.21. The number of allylic oxidation sites excluding steroid dienone is 1. The maximum atomic E-state index is 7.11. The second-order valence-corrected chi connectivity index (χ2v) is 2.38. The van der Waals surface area contributed by atoms with Crippen LogP contribution in [0.4, 0.5) is 0 Å². The molecule has 0 aliphatic heterocycles. The molecule has 0 amide bonds. The summed E-state index contributed by atoms with van der Waals surface area (Å²) in [5.74, 6) is 0.623. The van der Waals surface area contributed by atoms with E-state index in [9.17, 15) is 0 Å². The molecule has 0 saturated heterocycles. The molecule has 0 heterocycles. The molecule has 0 fully saturated rings. The van der Waals surface area contributed by atoms with E-state index in [1.54, 1.807) is 13.1 Å². The van der Waals surface area contributed by atoms with Gasteiger partial charge in [-0.05, 0) is 26.5 Å². The smallest absolute Gasteiger partial charge is 0.221 e.